The molecule has 0 unspecified atom stereocenters. The second kappa shape index (κ2) is 7.99. The van der Waals surface area contributed by atoms with Crippen molar-refractivity contribution in [2.24, 2.45) is 0 Å². The summed E-state index contributed by atoms with van der Waals surface area (Å²) in [6, 6.07) is 26.2. The fraction of sp³-hybridized carbons (Fsp3) is 0.0800. The Morgan fingerprint density at radius 3 is 2.42 bits per heavy atom. The first kappa shape index (κ1) is 18.9. The monoisotopic (exact) mass is 409 g/mol. The summed E-state index contributed by atoms with van der Waals surface area (Å²) in [5.74, 6) is 0.895. The van der Waals surface area contributed by atoms with Crippen molar-refractivity contribution in [2.45, 2.75) is 13.0 Å². The number of aromatic nitrogens is 4. The number of hydrogen-bond donors (Lipinski definition) is 1. The number of rotatable bonds is 5. The molecule has 2 aromatic heterocycles. The van der Waals surface area contributed by atoms with Crippen LogP contribution in [-0.4, -0.2) is 19.5 Å². The third-order valence-corrected chi connectivity index (χ3v) is 5.20. The molecule has 1 N–H and O–H groups in total. The Hall–Kier alpha value is -4.06. The van der Waals surface area contributed by atoms with Crippen LogP contribution in [0.5, 0.6) is 0 Å². The zero-order valence-corrected chi connectivity index (χ0v) is 16.9. The van der Waals surface area contributed by atoms with E-state index in [0.29, 0.717) is 17.5 Å². The van der Waals surface area contributed by atoms with E-state index in [9.17, 15) is 4.39 Å². The van der Waals surface area contributed by atoms with Crippen LogP contribution in [0.1, 0.15) is 18.5 Å². The van der Waals surface area contributed by atoms with Gasteiger partial charge in [0.15, 0.2) is 0 Å². The maximum atomic E-state index is 13.5. The summed E-state index contributed by atoms with van der Waals surface area (Å²) in [6.07, 6.45) is 1.76. The molecule has 6 heteroatoms. The molecule has 0 saturated carbocycles. The quantitative estimate of drug-likeness (QED) is 0.399. The Bertz CT molecular complexity index is 1330. The first-order valence-corrected chi connectivity index (χ1v) is 10.1. The van der Waals surface area contributed by atoms with Crippen LogP contribution in [0.4, 0.5) is 10.3 Å². The van der Waals surface area contributed by atoms with Gasteiger partial charge in [-0.15, -0.1) is 0 Å². The molecule has 5 aromatic rings. The van der Waals surface area contributed by atoms with E-state index >= 15 is 0 Å². The summed E-state index contributed by atoms with van der Waals surface area (Å²) in [5, 5.41) is 3.40. The van der Waals surface area contributed by atoms with Gasteiger partial charge in [-0.25, -0.2) is 14.4 Å². The molecule has 5 rings (SSSR count). The average Bonchev–Trinajstić information content (AvgIpc) is 3.24. The zero-order chi connectivity index (χ0) is 21.2. The van der Waals surface area contributed by atoms with Crippen LogP contribution in [0.2, 0.25) is 0 Å². The van der Waals surface area contributed by atoms with E-state index < -0.39 is 0 Å². The largest absolute Gasteiger partial charge is 0.348 e. The van der Waals surface area contributed by atoms with Crippen molar-refractivity contribution in [1.82, 2.24) is 19.5 Å². The van der Waals surface area contributed by atoms with Crippen molar-refractivity contribution in [1.29, 1.82) is 0 Å². The molecule has 0 radical (unpaired) electrons. The normalized spacial score (nSPS) is 12.1. The van der Waals surface area contributed by atoms with Crippen LogP contribution < -0.4 is 5.32 Å². The fourth-order valence-electron chi connectivity index (χ4n) is 3.55. The molecule has 0 aliphatic heterocycles. The number of hydrogen-bond acceptors (Lipinski definition) is 4. The lowest BCUT2D eigenvalue weighted by atomic mass is 10.1. The van der Waals surface area contributed by atoms with Gasteiger partial charge in [0.05, 0.1) is 22.8 Å². The molecule has 0 aliphatic rings. The third kappa shape index (κ3) is 3.88. The highest BCUT2D eigenvalue weighted by atomic mass is 19.1. The van der Waals surface area contributed by atoms with Crippen LogP contribution >= 0.6 is 0 Å². The van der Waals surface area contributed by atoms with Crippen molar-refractivity contribution >= 4 is 17.0 Å². The lowest BCUT2D eigenvalue weighted by Gasteiger charge is -2.16. The zero-order valence-electron chi connectivity index (χ0n) is 16.9. The number of para-hydroxylation sites is 2. The molecule has 0 fully saturated rings. The Morgan fingerprint density at radius 2 is 1.61 bits per heavy atom. The number of anilines is 1. The number of halogens is 1. The van der Waals surface area contributed by atoms with E-state index in [2.05, 4.69) is 29.4 Å². The topological polar surface area (TPSA) is 55.6 Å². The van der Waals surface area contributed by atoms with Gasteiger partial charge < -0.3 is 5.32 Å². The Labute approximate surface area is 179 Å². The molecular formula is C25H20FN5. The predicted octanol–water partition coefficient (Wildman–Crippen LogP) is 5.79. The molecule has 1 atom stereocenters. The van der Waals surface area contributed by atoms with Gasteiger partial charge in [-0.2, -0.15) is 4.98 Å². The van der Waals surface area contributed by atoms with Crippen molar-refractivity contribution in [3.05, 3.63) is 103 Å². The highest BCUT2D eigenvalue weighted by Crippen LogP contribution is 2.25. The molecular weight excluding hydrogens is 389 g/mol. The Kier molecular flexibility index (Phi) is 4.88. The smallest absolute Gasteiger partial charge is 0.225 e. The van der Waals surface area contributed by atoms with E-state index in [1.54, 1.807) is 18.5 Å². The molecule has 5 nitrogen and oxygen atoms in total. The molecule has 31 heavy (non-hydrogen) atoms. The summed E-state index contributed by atoms with van der Waals surface area (Å²) >= 11 is 0. The molecule has 3 aromatic carbocycles. The summed E-state index contributed by atoms with van der Waals surface area (Å²) < 4.78 is 15.4. The standard InChI is InChI=1S/C25H20FN5/c1-17(18-7-3-2-4-8-18)28-25-29-22(19-11-13-20(26)14-12-19)15-24(30-25)31-16-27-21-9-5-6-10-23(21)31/h2-17H,1H3,(H,28,29,30)/t17-/m0/s1. The van der Waals surface area contributed by atoms with E-state index in [1.165, 1.54) is 12.1 Å². The second-order valence-corrected chi connectivity index (χ2v) is 7.32. The lowest BCUT2D eigenvalue weighted by Crippen LogP contribution is -2.11. The number of benzene rings is 3. The van der Waals surface area contributed by atoms with Crippen LogP contribution in [0, 0.1) is 5.82 Å². The van der Waals surface area contributed by atoms with E-state index in [4.69, 9.17) is 9.97 Å². The highest BCUT2D eigenvalue weighted by molar-refractivity contribution is 5.77. The minimum Gasteiger partial charge on any atom is -0.348 e. The van der Waals surface area contributed by atoms with Gasteiger partial charge in [0.1, 0.15) is 18.0 Å². The molecule has 0 saturated heterocycles. The van der Waals surface area contributed by atoms with E-state index in [1.807, 2.05) is 53.1 Å². The lowest BCUT2D eigenvalue weighted by molar-refractivity contribution is 0.628. The Morgan fingerprint density at radius 1 is 0.871 bits per heavy atom. The molecule has 2 heterocycles. The fourth-order valence-corrected chi connectivity index (χ4v) is 3.55. The van der Waals surface area contributed by atoms with Crippen molar-refractivity contribution in [2.75, 3.05) is 5.32 Å². The van der Waals surface area contributed by atoms with Gasteiger partial charge in [0, 0.05) is 11.6 Å². The molecule has 152 valence electrons. The van der Waals surface area contributed by atoms with Crippen LogP contribution in [0.3, 0.4) is 0 Å². The minimum absolute atomic E-state index is 0.0112. The Balaban J connectivity index is 1.61. The number of nitrogens with one attached hydrogen (secondary N) is 1. The highest BCUT2D eigenvalue weighted by Gasteiger charge is 2.13. The average molecular weight is 409 g/mol. The summed E-state index contributed by atoms with van der Waals surface area (Å²) in [4.78, 5) is 14.0. The van der Waals surface area contributed by atoms with Crippen LogP contribution in [0.25, 0.3) is 28.1 Å². The molecule has 0 bridgehead atoms. The van der Waals surface area contributed by atoms with Crippen LogP contribution in [0.15, 0.2) is 91.3 Å². The van der Waals surface area contributed by atoms with Gasteiger partial charge in [-0.1, -0.05) is 42.5 Å². The first-order chi connectivity index (χ1) is 15.2. The number of nitrogens with zero attached hydrogens (tertiary/aromatic N) is 4. The first-order valence-electron chi connectivity index (χ1n) is 10.1. The molecule has 0 spiro atoms. The summed E-state index contributed by atoms with van der Waals surface area (Å²) in [7, 11) is 0. The van der Waals surface area contributed by atoms with Crippen molar-refractivity contribution in [3.63, 3.8) is 0 Å². The maximum absolute atomic E-state index is 13.5. The third-order valence-electron chi connectivity index (χ3n) is 5.20. The predicted molar refractivity (Wildman–Crippen MR) is 121 cm³/mol. The maximum Gasteiger partial charge on any atom is 0.225 e. The second-order valence-electron chi connectivity index (χ2n) is 7.32. The van der Waals surface area contributed by atoms with Gasteiger partial charge in [0.2, 0.25) is 5.95 Å². The minimum atomic E-state index is -0.283. The van der Waals surface area contributed by atoms with Crippen molar-refractivity contribution < 1.29 is 4.39 Å². The van der Waals surface area contributed by atoms with Crippen molar-refractivity contribution in [3.8, 4) is 17.1 Å². The van der Waals surface area contributed by atoms with Gasteiger partial charge in [-0.05, 0) is 48.9 Å². The van der Waals surface area contributed by atoms with E-state index in [-0.39, 0.29) is 11.9 Å². The van der Waals surface area contributed by atoms with Gasteiger partial charge >= 0.3 is 0 Å². The van der Waals surface area contributed by atoms with E-state index in [0.717, 1.165) is 22.2 Å². The SMILES string of the molecule is C[C@H](Nc1nc(-c2ccc(F)cc2)cc(-n2cnc3ccccc32)n1)c1ccccc1. The summed E-state index contributed by atoms with van der Waals surface area (Å²) in [5.41, 5.74) is 4.48. The molecule has 0 amide bonds. The summed E-state index contributed by atoms with van der Waals surface area (Å²) in [6.45, 7) is 2.07. The van der Waals surface area contributed by atoms with Gasteiger partial charge in [-0.3, -0.25) is 4.57 Å². The number of fused-ring (bicyclic) bond motifs is 1. The molecule has 0 aliphatic carbocycles. The number of imidazole rings is 1. The van der Waals surface area contributed by atoms with Gasteiger partial charge in [0.25, 0.3) is 0 Å². The van der Waals surface area contributed by atoms with Crippen LogP contribution in [-0.2, 0) is 0 Å².